The topological polar surface area (TPSA) is 49.3 Å². The summed E-state index contributed by atoms with van der Waals surface area (Å²) in [5, 5.41) is 4.00. The van der Waals surface area contributed by atoms with Crippen LogP contribution in [0.3, 0.4) is 0 Å². The lowest BCUT2D eigenvalue weighted by molar-refractivity contribution is 0.0705. The van der Waals surface area contributed by atoms with E-state index >= 15 is 0 Å². The number of aryl methyl sites for hydroxylation is 1. The maximum atomic E-state index is 12.9. The molecule has 0 aliphatic carbocycles. The molecule has 1 saturated heterocycles. The van der Waals surface area contributed by atoms with Crippen LogP contribution in [0.25, 0.3) is 0 Å². The van der Waals surface area contributed by atoms with E-state index in [9.17, 15) is 4.79 Å². The molecule has 0 bridgehead atoms. The van der Waals surface area contributed by atoms with Crippen LogP contribution in [0.4, 0.5) is 5.82 Å². The highest BCUT2D eigenvalue weighted by molar-refractivity contribution is 7.08. The molecule has 2 aromatic rings. The van der Waals surface area contributed by atoms with E-state index in [-0.39, 0.29) is 11.9 Å². The highest BCUT2D eigenvalue weighted by Crippen LogP contribution is 2.25. The van der Waals surface area contributed by atoms with Crippen LogP contribution in [0.2, 0.25) is 0 Å². The van der Waals surface area contributed by atoms with E-state index in [4.69, 9.17) is 4.98 Å². The van der Waals surface area contributed by atoms with Crippen molar-refractivity contribution in [1.29, 1.82) is 0 Å². The van der Waals surface area contributed by atoms with Crippen molar-refractivity contribution >= 4 is 23.1 Å². The summed E-state index contributed by atoms with van der Waals surface area (Å²) in [6.07, 6.45) is 2.81. The molecule has 0 radical (unpaired) electrons. The number of amides is 1. The fourth-order valence-corrected chi connectivity index (χ4v) is 4.15. The van der Waals surface area contributed by atoms with Crippen LogP contribution in [0.1, 0.15) is 54.9 Å². The second-order valence-corrected chi connectivity index (χ2v) is 7.62. The molecule has 0 saturated carbocycles. The van der Waals surface area contributed by atoms with Gasteiger partial charge >= 0.3 is 0 Å². The van der Waals surface area contributed by atoms with Crippen LogP contribution < -0.4 is 4.90 Å². The van der Waals surface area contributed by atoms with E-state index in [0.717, 1.165) is 48.8 Å². The Labute approximate surface area is 153 Å². The van der Waals surface area contributed by atoms with Gasteiger partial charge in [-0.1, -0.05) is 13.8 Å². The summed E-state index contributed by atoms with van der Waals surface area (Å²) in [6, 6.07) is 2.20. The molecule has 3 rings (SSSR count). The monoisotopic (exact) mass is 358 g/mol. The van der Waals surface area contributed by atoms with Gasteiger partial charge in [0.15, 0.2) is 0 Å². The first-order valence-corrected chi connectivity index (χ1v) is 9.87. The van der Waals surface area contributed by atoms with E-state index in [1.54, 1.807) is 11.3 Å². The Balaban J connectivity index is 1.74. The zero-order valence-corrected chi connectivity index (χ0v) is 16.2. The Morgan fingerprint density at radius 3 is 2.88 bits per heavy atom. The number of thiophene rings is 1. The highest BCUT2D eigenvalue weighted by Gasteiger charge is 2.31. The van der Waals surface area contributed by atoms with E-state index in [1.807, 2.05) is 34.8 Å². The third-order valence-corrected chi connectivity index (χ3v) is 5.65. The normalized spacial score (nSPS) is 17.3. The van der Waals surface area contributed by atoms with E-state index in [0.29, 0.717) is 5.92 Å². The first kappa shape index (κ1) is 17.9. The summed E-state index contributed by atoms with van der Waals surface area (Å²) in [7, 11) is 0. The molecular formula is C19H26N4OS. The predicted octanol–water partition coefficient (Wildman–Crippen LogP) is 3.71. The van der Waals surface area contributed by atoms with Gasteiger partial charge in [0.05, 0.1) is 11.6 Å². The molecule has 1 atom stereocenters. The number of anilines is 1. The molecule has 1 aliphatic heterocycles. The number of rotatable bonds is 5. The number of hydrogen-bond acceptors (Lipinski definition) is 5. The molecule has 5 nitrogen and oxygen atoms in total. The molecule has 0 spiro atoms. The predicted molar refractivity (Wildman–Crippen MR) is 103 cm³/mol. The van der Waals surface area contributed by atoms with Crippen LogP contribution in [-0.4, -0.2) is 46.5 Å². The third kappa shape index (κ3) is 3.68. The van der Waals surface area contributed by atoms with Gasteiger partial charge in [0, 0.05) is 37.1 Å². The summed E-state index contributed by atoms with van der Waals surface area (Å²) in [6.45, 7) is 10.8. The standard InChI is InChI=1S/C19H26N4OS/c1-5-23(19(24)16-12-25-11-14(16)4)15-7-9-22(10-15)17-6-8-20-18(21-17)13(2)3/h6,8,11-13,15H,5,7,9-10H2,1-4H3. The first-order valence-electron chi connectivity index (χ1n) is 8.92. The van der Waals surface area contributed by atoms with Gasteiger partial charge in [0.2, 0.25) is 0 Å². The SMILES string of the molecule is CCN(C(=O)c1cscc1C)C1CCN(c2ccnc(C(C)C)n2)C1. The number of hydrogen-bond donors (Lipinski definition) is 0. The Kier molecular flexibility index (Phi) is 5.37. The first-order chi connectivity index (χ1) is 12.0. The quantitative estimate of drug-likeness (QED) is 0.817. The number of aromatic nitrogens is 2. The van der Waals surface area contributed by atoms with Gasteiger partial charge in [-0.15, -0.1) is 0 Å². The van der Waals surface area contributed by atoms with Crippen molar-refractivity contribution in [3.63, 3.8) is 0 Å². The lowest BCUT2D eigenvalue weighted by Gasteiger charge is -2.28. The molecule has 0 N–H and O–H groups in total. The minimum atomic E-state index is 0.152. The Bertz CT molecular complexity index is 743. The molecule has 25 heavy (non-hydrogen) atoms. The molecule has 1 aliphatic rings. The van der Waals surface area contributed by atoms with Crippen molar-refractivity contribution in [2.24, 2.45) is 0 Å². The van der Waals surface area contributed by atoms with Crippen LogP contribution in [0, 0.1) is 6.92 Å². The lowest BCUT2D eigenvalue weighted by atomic mass is 10.1. The van der Waals surface area contributed by atoms with Crippen LogP contribution in [0.15, 0.2) is 23.0 Å². The van der Waals surface area contributed by atoms with Crippen LogP contribution in [-0.2, 0) is 0 Å². The molecular weight excluding hydrogens is 332 g/mol. The van der Waals surface area contributed by atoms with Crippen molar-refractivity contribution < 1.29 is 4.79 Å². The summed E-state index contributed by atoms with van der Waals surface area (Å²) >= 11 is 1.59. The molecule has 3 heterocycles. The second kappa shape index (κ2) is 7.52. The maximum absolute atomic E-state index is 12.9. The Hall–Kier alpha value is -1.95. The summed E-state index contributed by atoms with van der Waals surface area (Å²) < 4.78 is 0. The Morgan fingerprint density at radius 1 is 1.44 bits per heavy atom. The number of likely N-dealkylation sites (N-methyl/N-ethyl adjacent to an activating group) is 1. The molecule has 1 amide bonds. The van der Waals surface area contributed by atoms with Gasteiger partial charge in [0.25, 0.3) is 5.91 Å². The van der Waals surface area contributed by atoms with E-state index in [2.05, 4.69) is 30.7 Å². The van der Waals surface area contributed by atoms with Crippen LogP contribution in [0.5, 0.6) is 0 Å². The Morgan fingerprint density at radius 2 is 2.24 bits per heavy atom. The summed E-state index contributed by atoms with van der Waals surface area (Å²) in [4.78, 5) is 26.3. The van der Waals surface area contributed by atoms with Gasteiger partial charge in [-0.2, -0.15) is 11.3 Å². The fraction of sp³-hybridized carbons (Fsp3) is 0.526. The van der Waals surface area contributed by atoms with E-state index in [1.165, 1.54) is 0 Å². The third-order valence-electron chi connectivity index (χ3n) is 4.79. The minimum Gasteiger partial charge on any atom is -0.354 e. The maximum Gasteiger partial charge on any atom is 0.255 e. The van der Waals surface area contributed by atoms with E-state index < -0.39 is 0 Å². The molecule has 2 aromatic heterocycles. The average molecular weight is 359 g/mol. The van der Waals surface area contributed by atoms with Gasteiger partial charge < -0.3 is 9.80 Å². The van der Waals surface area contributed by atoms with Crippen molar-refractivity contribution in [2.45, 2.75) is 46.1 Å². The zero-order chi connectivity index (χ0) is 18.0. The molecule has 6 heteroatoms. The molecule has 134 valence electrons. The lowest BCUT2D eigenvalue weighted by Crippen LogP contribution is -2.42. The van der Waals surface area contributed by atoms with Crippen molar-refractivity contribution in [2.75, 3.05) is 24.5 Å². The molecule has 0 aromatic carbocycles. The number of nitrogens with zero attached hydrogens (tertiary/aromatic N) is 4. The van der Waals surface area contributed by atoms with Gasteiger partial charge in [-0.25, -0.2) is 9.97 Å². The van der Waals surface area contributed by atoms with Crippen molar-refractivity contribution in [1.82, 2.24) is 14.9 Å². The average Bonchev–Trinajstić information content (AvgIpc) is 3.25. The van der Waals surface area contributed by atoms with Gasteiger partial charge in [-0.3, -0.25) is 4.79 Å². The molecule has 1 unspecified atom stereocenters. The highest BCUT2D eigenvalue weighted by atomic mass is 32.1. The summed E-state index contributed by atoms with van der Waals surface area (Å²) in [5.41, 5.74) is 1.91. The zero-order valence-electron chi connectivity index (χ0n) is 15.4. The summed E-state index contributed by atoms with van der Waals surface area (Å²) in [5.74, 6) is 2.31. The largest absolute Gasteiger partial charge is 0.354 e. The number of carbonyl (C=O) groups excluding carboxylic acids is 1. The van der Waals surface area contributed by atoms with Gasteiger partial charge in [0.1, 0.15) is 11.6 Å². The second-order valence-electron chi connectivity index (χ2n) is 6.88. The van der Waals surface area contributed by atoms with Crippen molar-refractivity contribution in [3.8, 4) is 0 Å². The van der Waals surface area contributed by atoms with Gasteiger partial charge in [-0.05, 0) is 37.3 Å². The van der Waals surface area contributed by atoms with Crippen molar-refractivity contribution in [3.05, 3.63) is 40.0 Å². The minimum absolute atomic E-state index is 0.152. The molecule has 1 fully saturated rings. The number of carbonyl (C=O) groups is 1. The fourth-order valence-electron chi connectivity index (χ4n) is 3.32. The smallest absolute Gasteiger partial charge is 0.255 e. The van der Waals surface area contributed by atoms with Crippen LogP contribution >= 0.6 is 11.3 Å².